The molecule has 4 nitrogen and oxygen atoms in total. The monoisotopic (exact) mass is 428 g/mol. The molecule has 3 rings (SSSR count). The largest absolute Gasteiger partial charge is 0.490 e. The standard InChI is InChI=1S/C23H25ClN2O2S/c1-3-27-21-13-19(23(29)26-10-8-16(2)9-11-26)12-20(24)22(21)28-15-18-7-5-4-6-17(18)14-25/h4-7,12-13,16H,3,8-11,15H2,1-2H3. The van der Waals surface area contributed by atoms with Gasteiger partial charge in [0.25, 0.3) is 0 Å². The van der Waals surface area contributed by atoms with Crippen LogP contribution in [0.4, 0.5) is 0 Å². The number of nitrogens with zero attached hydrogens (tertiary/aromatic N) is 2. The molecule has 0 aliphatic carbocycles. The van der Waals surface area contributed by atoms with Crippen molar-refractivity contribution >= 4 is 28.8 Å². The van der Waals surface area contributed by atoms with E-state index in [1.807, 2.05) is 37.3 Å². The number of halogens is 1. The molecule has 152 valence electrons. The van der Waals surface area contributed by atoms with E-state index in [4.69, 9.17) is 33.3 Å². The zero-order chi connectivity index (χ0) is 20.8. The first kappa shape index (κ1) is 21.4. The van der Waals surface area contributed by atoms with E-state index < -0.39 is 0 Å². The zero-order valence-electron chi connectivity index (χ0n) is 16.8. The fourth-order valence-corrected chi connectivity index (χ4v) is 3.96. The zero-order valence-corrected chi connectivity index (χ0v) is 18.4. The number of piperidine rings is 1. The lowest BCUT2D eigenvalue weighted by Gasteiger charge is -2.32. The van der Waals surface area contributed by atoms with Gasteiger partial charge in [-0.15, -0.1) is 0 Å². The first-order valence-corrected chi connectivity index (χ1v) is 10.7. The Bertz CT molecular complexity index is 918. The number of nitriles is 1. The highest BCUT2D eigenvalue weighted by molar-refractivity contribution is 7.80. The van der Waals surface area contributed by atoms with E-state index in [0.29, 0.717) is 28.7 Å². The van der Waals surface area contributed by atoms with Crippen LogP contribution in [0.1, 0.15) is 43.4 Å². The van der Waals surface area contributed by atoms with Crippen molar-refractivity contribution in [3.8, 4) is 17.6 Å². The average Bonchev–Trinajstić information content (AvgIpc) is 2.73. The van der Waals surface area contributed by atoms with E-state index in [9.17, 15) is 5.26 Å². The van der Waals surface area contributed by atoms with Gasteiger partial charge in [0.2, 0.25) is 0 Å². The van der Waals surface area contributed by atoms with Crippen LogP contribution in [0.3, 0.4) is 0 Å². The van der Waals surface area contributed by atoms with Gasteiger partial charge in [0.15, 0.2) is 11.5 Å². The lowest BCUT2D eigenvalue weighted by molar-refractivity contribution is 0.269. The summed E-state index contributed by atoms with van der Waals surface area (Å²) in [5, 5.41) is 9.72. The smallest absolute Gasteiger partial charge is 0.180 e. The molecule has 0 unspecified atom stereocenters. The summed E-state index contributed by atoms with van der Waals surface area (Å²) >= 11 is 12.3. The van der Waals surface area contributed by atoms with Crippen LogP contribution in [0, 0.1) is 17.2 Å². The molecule has 29 heavy (non-hydrogen) atoms. The number of hydrogen-bond acceptors (Lipinski definition) is 4. The van der Waals surface area contributed by atoms with Gasteiger partial charge >= 0.3 is 0 Å². The van der Waals surface area contributed by atoms with Crippen LogP contribution < -0.4 is 9.47 Å². The highest BCUT2D eigenvalue weighted by Gasteiger charge is 2.21. The lowest BCUT2D eigenvalue weighted by atomic mass is 9.99. The summed E-state index contributed by atoms with van der Waals surface area (Å²) in [5.74, 6) is 1.78. The van der Waals surface area contributed by atoms with Gasteiger partial charge < -0.3 is 14.4 Å². The molecule has 0 radical (unpaired) electrons. The number of rotatable bonds is 6. The number of benzene rings is 2. The van der Waals surface area contributed by atoms with Gasteiger partial charge in [0.1, 0.15) is 11.6 Å². The Hall–Kier alpha value is -2.29. The summed E-state index contributed by atoms with van der Waals surface area (Å²) in [7, 11) is 0. The molecule has 6 heteroatoms. The fourth-order valence-electron chi connectivity index (χ4n) is 3.39. The van der Waals surface area contributed by atoms with Crippen LogP contribution in [0.25, 0.3) is 0 Å². The van der Waals surface area contributed by atoms with Gasteiger partial charge in [0.05, 0.1) is 23.3 Å². The number of hydrogen-bond donors (Lipinski definition) is 0. The molecule has 0 spiro atoms. The molecule has 0 amide bonds. The van der Waals surface area contributed by atoms with Crippen molar-refractivity contribution in [2.24, 2.45) is 5.92 Å². The normalized spacial score (nSPS) is 14.3. The van der Waals surface area contributed by atoms with E-state index in [1.54, 1.807) is 6.07 Å². The van der Waals surface area contributed by atoms with Crippen molar-refractivity contribution in [3.05, 3.63) is 58.1 Å². The van der Waals surface area contributed by atoms with E-state index in [0.717, 1.165) is 48.0 Å². The summed E-state index contributed by atoms with van der Waals surface area (Å²) in [6, 6.07) is 13.3. The summed E-state index contributed by atoms with van der Waals surface area (Å²) in [4.78, 5) is 3.03. The SMILES string of the molecule is CCOc1cc(C(=S)N2CCC(C)CC2)cc(Cl)c1OCc1ccccc1C#N. The van der Waals surface area contributed by atoms with Crippen molar-refractivity contribution in [1.29, 1.82) is 5.26 Å². The van der Waals surface area contributed by atoms with E-state index >= 15 is 0 Å². The van der Waals surface area contributed by atoms with Crippen LogP contribution >= 0.6 is 23.8 Å². The van der Waals surface area contributed by atoms with Crippen LogP contribution in [0.2, 0.25) is 5.02 Å². The van der Waals surface area contributed by atoms with Gasteiger partial charge in [-0.3, -0.25) is 0 Å². The predicted octanol–water partition coefficient (Wildman–Crippen LogP) is 5.60. The molecular weight excluding hydrogens is 404 g/mol. The van der Waals surface area contributed by atoms with E-state index in [-0.39, 0.29) is 6.61 Å². The molecule has 1 heterocycles. The van der Waals surface area contributed by atoms with Crippen LogP contribution in [-0.2, 0) is 6.61 Å². The average molecular weight is 429 g/mol. The van der Waals surface area contributed by atoms with Crippen molar-refractivity contribution in [1.82, 2.24) is 4.90 Å². The third-order valence-electron chi connectivity index (χ3n) is 5.14. The Morgan fingerprint density at radius 3 is 2.66 bits per heavy atom. The molecule has 0 atom stereocenters. The Balaban J connectivity index is 1.83. The van der Waals surface area contributed by atoms with Gasteiger partial charge in [-0.05, 0) is 43.9 Å². The van der Waals surface area contributed by atoms with Crippen molar-refractivity contribution < 1.29 is 9.47 Å². The quantitative estimate of drug-likeness (QED) is 0.560. The molecule has 2 aromatic carbocycles. The lowest BCUT2D eigenvalue weighted by Crippen LogP contribution is -2.37. The maximum absolute atomic E-state index is 9.27. The van der Waals surface area contributed by atoms with Crippen molar-refractivity contribution in [2.45, 2.75) is 33.3 Å². The maximum Gasteiger partial charge on any atom is 0.180 e. The first-order chi connectivity index (χ1) is 14.0. The van der Waals surface area contributed by atoms with Gasteiger partial charge in [-0.1, -0.05) is 48.9 Å². The highest BCUT2D eigenvalue weighted by atomic mass is 35.5. The Morgan fingerprint density at radius 2 is 1.97 bits per heavy atom. The molecule has 2 aromatic rings. The Morgan fingerprint density at radius 1 is 1.24 bits per heavy atom. The van der Waals surface area contributed by atoms with E-state index in [1.165, 1.54) is 0 Å². The minimum atomic E-state index is 0.233. The van der Waals surface area contributed by atoms with Crippen LogP contribution in [0.15, 0.2) is 36.4 Å². The third-order valence-corrected chi connectivity index (χ3v) is 5.91. The number of likely N-dealkylation sites (tertiary alicyclic amines) is 1. The van der Waals surface area contributed by atoms with Crippen LogP contribution in [-0.4, -0.2) is 29.6 Å². The summed E-state index contributed by atoms with van der Waals surface area (Å²) < 4.78 is 11.8. The molecule has 0 saturated carbocycles. The second kappa shape index (κ2) is 9.96. The highest BCUT2D eigenvalue weighted by Crippen LogP contribution is 2.38. The molecule has 0 N–H and O–H groups in total. The van der Waals surface area contributed by atoms with Crippen LogP contribution in [0.5, 0.6) is 11.5 Å². The molecular formula is C23H25ClN2O2S. The predicted molar refractivity (Wildman–Crippen MR) is 120 cm³/mol. The number of ether oxygens (including phenoxy) is 2. The van der Waals surface area contributed by atoms with Gasteiger partial charge in [-0.25, -0.2) is 0 Å². The number of thiocarbonyl (C=S) groups is 1. The summed E-state index contributed by atoms with van der Waals surface area (Å²) in [6.45, 7) is 6.84. The second-order valence-electron chi connectivity index (χ2n) is 7.25. The topological polar surface area (TPSA) is 45.5 Å². The molecule has 0 bridgehead atoms. The molecule has 1 aliphatic rings. The molecule has 1 fully saturated rings. The minimum absolute atomic E-state index is 0.233. The third kappa shape index (κ3) is 5.20. The Labute approximate surface area is 183 Å². The molecule has 1 saturated heterocycles. The summed E-state index contributed by atoms with van der Waals surface area (Å²) in [5.41, 5.74) is 2.25. The molecule has 1 aliphatic heterocycles. The Kier molecular flexibility index (Phi) is 7.35. The molecule has 0 aromatic heterocycles. The minimum Gasteiger partial charge on any atom is -0.490 e. The van der Waals surface area contributed by atoms with Gasteiger partial charge in [-0.2, -0.15) is 5.26 Å². The summed E-state index contributed by atoms with van der Waals surface area (Å²) in [6.07, 6.45) is 2.29. The first-order valence-electron chi connectivity index (χ1n) is 9.89. The van der Waals surface area contributed by atoms with Gasteiger partial charge in [0, 0.05) is 24.2 Å². The maximum atomic E-state index is 9.27. The van der Waals surface area contributed by atoms with Crippen molar-refractivity contribution in [2.75, 3.05) is 19.7 Å². The van der Waals surface area contributed by atoms with E-state index in [2.05, 4.69) is 17.9 Å². The van der Waals surface area contributed by atoms with Crippen molar-refractivity contribution in [3.63, 3.8) is 0 Å². The second-order valence-corrected chi connectivity index (χ2v) is 8.04. The fraction of sp³-hybridized carbons (Fsp3) is 0.391.